The maximum Gasteiger partial charge on any atom is 1.00 e. The number of hydrogen-bond acceptors (Lipinski definition) is 1. The van der Waals surface area contributed by atoms with E-state index in [9.17, 15) is 4.39 Å². The summed E-state index contributed by atoms with van der Waals surface area (Å²) in [6.45, 7) is 0. The molecule has 0 saturated carbocycles. The summed E-state index contributed by atoms with van der Waals surface area (Å²) in [5.74, 6) is -0.279. The Morgan fingerprint density at radius 1 is 1.42 bits per heavy atom. The number of nitrogens with two attached hydrogens (primary N) is 1. The summed E-state index contributed by atoms with van der Waals surface area (Å²) < 4.78 is 12.3. The van der Waals surface area contributed by atoms with Crippen LogP contribution in [0.4, 0.5) is 10.1 Å². The molecule has 0 bridgehead atoms. The summed E-state index contributed by atoms with van der Waals surface area (Å²) in [5.41, 5.74) is 5.88. The molecule has 1 aromatic carbocycles. The van der Waals surface area contributed by atoms with Crippen LogP contribution in [0.15, 0.2) is 24.3 Å². The van der Waals surface area contributed by atoms with Gasteiger partial charge < -0.3 is 12.5 Å². The molecule has 0 atom stereocenters. The molecular formula is C7H8FN2NaS. The fraction of sp³-hybridized carbons (Fsp3) is 0. The molecule has 1 rings (SSSR count). The summed E-state index contributed by atoms with van der Waals surface area (Å²) in [5, 5.41) is 2.85. The average Bonchev–Trinajstić information content (AvgIpc) is 1.93. The van der Waals surface area contributed by atoms with Gasteiger partial charge in [-0.3, -0.25) is 0 Å². The van der Waals surface area contributed by atoms with E-state index in [4.69, 9.17) is 5.73 Å². The van der Waals surface area contributed by atoms with E-state index < -0.39 is 0 Å². The van der Waals surface area contributed by atoms with E-state index >= 15 is 0 Å². The SMILES string of the molecule is NC(=S)Nc1ccc(F)cc1.[H-].[Na+]. The zero-order valence-corrected chi connectivity index (χ0v) is 9.49. The van der Waals surface area contributed by atoms with E-state index in [0.29, 0.717) is 5.69 Å². The molecule has 1 aromatic rings. The minimum Gasteiger partial charge on any atom is -1.00 e. The van der Waals surface area contributed by atoms with Gasteiger partial charge in [0.05, 0.1) is 0 Å². The average molecular weight is 194 g/mol. The van der Waals surface area contributed by atoms with Gasteiger partial charge in [-0.25, -0.2) is 4.39 Å². The first-order chi connectivity index (χ1) is 5.18. The van der Waals surface area contributed by atoms with Gasteiger partial charge in [0.2, 0.25) is 0 Å². The van der Waals surface area contributed by atoms with Crippen LogP contribution in [-0.2, 0) is 0 Å². The van der Waals surface area contributed by atoms with Crippen LogP contribution in [0.1, 0.15) is 1.43 Å². The second-order valence-corrected chi connectivity index (χ2v) is 2.44. The van der Waals surface area contributed by atoms with Gasteiger partial charge in [0.25, 0.3) is 0 Å². The van der Waals surface area contributed by atoms with Gasteiger partial charge in [-0.05, 0) is 36.5 Å². The third-order valence-corrected chi connectivity index (χ3v) is 1.21. The standard InChI is InChI=1S/C7H7FN2S.Na.H/c8-5-1-3-6(4-2-5)10-7(9)11;;/h1-4H,(H3,9,10,11);;/q;+1;-1. The van der Waals surface area contributed by atoms with E-state index in [2.05, 4.69) is 17.5 Å². The fourth-order valence-electron chi connectivity index (χ4n) is 0.675. The molecule has 2 nitrogen and oxygen atoms in total. The number of rotatable bonds is 1. The van der Waals surface area contributed by atoms with Crippen molar-refractivity contribution in [2.45, 2.75) is 0 Å². The fourth-order valence-corrected chi connectivity index (χ4v) is 0.793. The summed E-state index contributed by atoms with van der Waals surface area (Å²) in [4.78, 5) is 0. The second-order valence-electron chi connectivity index (χ2n) is 2.00. The molecule has 3 N–H and O–H groups in total. The molecule has 0 radical (unpaired) electrons. The molecule has 60 valence electrons. The zero-order valence-electron chi connectivity index (χ0n) is 7.67. The molecule has 0 heterocycles. The quantitative estimate of drug-likeness (QED) is 0.426. The predicted molar refractivity (Wildman–Crippen MR) is 47.9 cm³/mol. The van der Waals surface area contributed by atoms with Crippen LogP contribution in [0, 0.1) is 5.82 Å². The van der Waals surface area contributed by atoms with Gasteiger partial charge in [0, 0.05) is 5.69 Å². The van der Waals surface area contributed by atoms with Gasteiger partial charge in [-0.15, -0.1) is 0 Å². The van der Waals surface area contributed by atoms with Crippen LogP contribution in [-0.4, -0.2) is 5.11 Å². The van der Waals surface area contributed by atoms with Crippen LogP contribution < -0.4 is 40.6 Å². The van der Waals surface area contributed by atoms with Crippen molar-refractivity contribution in [1.29, 1.82) is 0 Å². The number of anilines is 1. The number of halogens is 1. The molecule has 12 heavy (non-hydrogen) atoms. The first-order valence-corrected chi connectivity index (χ1v) is 3.41. The topological polar surface area (TPSA) is 38.0 Å². The van der Waals surface area contributed by atoms with Crippen LogP contribution in [0.25, 0.3) is 0 Å². The van der Waals surface area contributed by atoms with Crippen molar-refractivity contribution >= 4 is 23.0 Å². The second kappa shape index (κ2) is 5.48. The smallest absolute Gasteiger partial charge is 1.00 e. The van der Waals surface area contributed by atoms with E-state index in [1.54, 1.807) is 12.1 Å². The molecule has 0 saturated heterocycles. The molecule has 0 aliphatic carbocycles. The summed E-state index contributed by atoms with van der Waals surface area (Å²) in [6.07, 6.45) is 0. The normalized spacial score (nSPS) is 8.42. The van der Waals surface area contributed by atoms with Gasteiger partial charge in [0.1, 0.15) is 5.82 Å². The van der Waals surface area contributed by atoms with E-state index in [-0.39, 0.29) is 41.9 Å². The van der Waals surface area contributed by atoms with Crippen molar-refractivity contribution < 1.29 is 35.4 Å². The third-order valence-electron chi connectivity index (χ3n) is 1.11. The minimum atomic E-state index is -0.279. The minimum absolute atomic E-state index is 0. The van der Waals surface area contributed by atoms with E-state index in [1.165, 1.54) is 12.1 Å². The Morgan fingerprint density at radius 2 is 1.92 bits per heavy atom. The van der Waals surface area contributed by atoms with Crippen molar-refractivity contribution in [3.8, 4) is 0 Å². The first-order valence-electron chi connectivity index (χ1n) is 3.00. The first kappa shape index (κ1) is 11.8. The van der Waals surface area contributed by atoms with Crippen molar-refractivity contribution in [2.24, 2.45) is 5.73 Å². The van der Waals surface area contributed by atoms with E-state index in [1.807, 2.05) is 0 Å². The van der Waals surface area contributed by atoms with Crippen molar-refractivity contribution in [3.63, 3.8) is 0 Å². The van der Waals surface area contributed by atoms with Gasteiger partial charge in [-0.1, -0.05) is 0 Å². The number of nitrogens with one attached hydrogen (secondary N) is 1. The summed E-state index contributed by atoms with van der Waals surface area (Å²) >= 11 is 4.58. The maximum absolute atomic E-state index is 12.3. The monoisotopic (exact) mass is 194 g/mol. The number of hydrogen-bond donors (Lipinski definition) is 2. The molecule has 0 unspecified atom stereocenters. The van der Waals surface area contributed by atoms with Crippen molar-refractivity contribution in [1.82, 2.24) is 0 Å². The molecule has 0 aliphatic rings. The van der Waals surface area contributed by atoms with Crippen LogP contribution in [0.5, 0.6) is 0 Å². The number of thiocarbonyl (C=S) groups is 1. The molecular weight excluding hydrogens is 186 g/mol. The van der Waals surface area contributed by atoms with Gasteiger partial charge >= 0.3 is 29.6 Å². The van der Waals surface area contributed by atoms with Crippen LogP contribution >= 0.6 is 12.2 Å². The van der Waals surface area contributed by atoms with Gasteiger partial charge in [-0.2, -0.15) is 0 Å². The molecule has 0 spiro atoms. The summed E-state index contributed by atoms with van der Waals surface area (Å²) in [7, 11) is 0. The molecule has 5 heteroatoms. The van der Waals surface area contributed by atoms with Gasteiger partial charge in [0.15, 0.2) is 5.11 Å². The Morgan fingerprint density at radius 3 is 2.33 bits per heavy atom. The van der Waals surface area contributed by atoms with E-state index in [0.717, 1.165) is 0 Å². The Labute approximate surface area is 99.1 Å². The van der Waals surface area contributed by atoms with Crippen molar-refractivity contribution in [3.05, 3.63) is 30.1 Å². The number of benzene rings is 1. The molecule has 0 aromatic heterocycles. The Balaban J connectivity index is 0. The van der Waals surface area contributed by atoms with Crippen LogP contribution in [0.3, 0.4) is 0 Å². The summed E-state index contributed by atoms with van der Waals surface area (Å²) in [6, 6.07) is 5.80. The maximum atomic E-state index is 12.3. The van der Waals surface area contributed by atoms with Crippen molar-refractivity contribution in [2.75, 3.05) is 5.32 Å². The largest absolute Gasteiger partial charge is 1.00 e. The molecule has 0 amide bonds. The Bertz CT molecular complexity index is 268. The predicted octanol–water partition coefficient (Wildman–Crippen LogP) is -1.40. The Hall–Kier alpha value is -0.160. The molecule has 0 aliphatic heterocycles. The zero-order chi connectivity index (χ0) is 8.27. The van der Waals surface area contributed by atoms with Crippen LogP contribution in [0.2, 0.25) is 0 Å². The molecule has 0 fully saturated rings. The third kappa shape index (κ3) is 4.01. The Kier molecular flexibility index (Phi) is 5.41.